The minimum absolute atomic E-state index is 0.0117. The Labute approximate surface area is 102 Å². The summed E-state index contributed by atoms with van der Waals surface area (Å²) in [5, 5.41) is 0.552. The molecule has 0 aliphatic carbocycles. The van der Waals surface area contributed by atoms with Crippen molar-refractivity contribution in [2.75, 3.05) is 13.1 Å². The molecule has 0 aromatic heterocycles. The van der Waals surface area contributed by atoms with E-state index in [4.69, 9.17) is 11.6 Å². The Hall–Kier alpha value is -1.02. The lowest BCUT2D eigenvalue weighted by molar-refractivity contribution is 0.0773. The van der Waals surface area contributed by atoms with Crippen LogP contribution < -0.4 is 0 Å². The molecule has 2 nitrogen and oxygen atoms in total. The van der Waals surface area contributed by atoms with E-state index in [2.05, 4.69) is 6.92 Å². The van der Waals surface area contributed by atoms with Crippen molar-refractivity contribution in [2.24, 2.45) is 0 Å². The largest absolute Gasteiger partial charge is 0.339 e. The molecule has 1 aromatic rings. The van der Waals surface area contributed by atoms with Gasteiger partial charge in [0.1, 0.15) is 0 Å². The number of amides is 1. The maximum atomic E-state index is 12.1. The lowest BCUT2D eigenvalue weighted by atomic mass is 10.1. The summed E-state index contributed by atoms with van der Waals surface area (Å²) in [6.07, 6.45) is 0.930. The van der Waals surface area contributed by atoms with E-state index < -0.39 is 0 Å². The van der Waals surface area contributed by atoms with Crippen LogP contribution in [0.25, 0.3) is 0 Å². The number of halogens is 1. The maximum Gasteiger partial charge on any atom is 0.255 e. The van der Waals surface area contributed by atoms with Gasteiger partial charge in [-0.25, -0.2) is 0 Å². The Morgan fingerprint density at radius 1 is 1.25 bits per heavy atom. The number of hydrogen-bond acceptors (Lipinski definition) is 1. The number of benzene rings is 1. The number of hydrogen-bond donors (Lipinski definition) is 0. The van der Waals surface area contributed by atoms with E-state index >= 15 is 0 Å². The van der Waals surface area contributed by atoms with Crippen LogP contribution in [-0.2, 0) is 6.42 Å². The Bertz CT molecular complexity index is 372. The van der Waals surface area contributed by atoms with Gasteiger partial charge in [-0.05, 0) is 38.0 Å². The highest BCUT2D eigenvalue weighted by molar-refractivity contribution is 6.33. The van der Waals surface area contributed by atoms with Crippen LogP contribution in [-0.4, -0.2) is 23.9 Å². The van der Waals surface area contributed by atoms with Gasteiger partial charge in [0.15, 0.2) is 0 Å². The third kappa shape index (κ3) is 2.76. The van der Waals surface area contributed by atoms with Crippen molar-refractivity contribution in [2.45, 2.75) is 27.2 Å². The zero-order valence-corrected chi connectivity index (χ0v) is 10.8. The fraction of sp³-hybridized carbons (Fsp3) is 0.462. The van der Waals surface area contributed by atoms with Gasteiger partial charge in [-0.2, -0.15) is 0 Å². The van der Waals surface area contributed by atoms with E-state index in [9.17, 15) is 4.79 Å². The smallest absolute Gasteiger partial charge is 0.255 e. The summed E-state index contributed by atoms with van der Waals surface area (Å²) in [5.74, 6) is 0.0117. The number of carbonyl (C=O) groups is 1. The van der Waals surface area contributed by atoms with Crippen LogP contribution in [0.3, 0.4) is 0 Å². The molecule has 16 heavy (non-hydrogen) atoms. The van der Waals surface area contributed by atoms with Crippen molar-refractivity contribution in [1.82, 2.24) is 4.90 Å². The zero-order chi connectivity index (χ0) is 12.1. The summed E-state index contributed by atoms with van der Waals surface area (Å²) >= 11 is 6.11. The average molecular weight is 240 g/mol. The van der Waals surface area contributed by atoms with Gasteiger partial charge in [0.2, 0.25) is 0 Å². The summed E-state index contributed by atoms with van der Waals surface area (Å²) < 4.78 is 0. The Morgan fingerprint density at radius 2 is 1.88 bits per heavy atom. The van der Waals surface area contributed by atoms with E-state index in [-0.39, 0.29) is 5.91 Å². The van der Waals surface area contributed by atoms with Gasteiger partial charge >= 0.3 is 0 Å². The average Bonchev–Trinajstić information content (AvgIpc) is 2.30. The van der Waals surface area contributed by atoms with Gasteiger partial charge in [-0.15, -0.1) is 0 Å². The first-order chi connectivity index (χ1) is 7.63. The summed E-state index contributed by atoms with van der Waals surface area (Å²) in [5.41, 5.74) is 1.75. The van der Waals surface area contributed by atoms with Crippen LogP contribution in [0.5, 0.6) is 0 Å². The van der Waals surface area contributed by atoms with E-state index in [1.165, 1.54) is 0 Å². The normalized spacial score (nSPS) is 10.2. The maximum absolute atomic E-state index is 12.1. The first kappa shape index (κ1) is 13.0. The Kier molecular flexibility index (Phi) is 4.81. The number of rotatable bonds is 4. The highest BCUT2D eigenvalue weighted by Gasteiger charge is 2.15. The number of carbonyl (C=O) groups excluding carboxylic acids is 1. The molecule has 1 amide bonds. The van der Waals surface area contributed by atoms with Gasteiger partial charge < -0.3 is 4.90 Å². The molecule has 1 aromatic carbocycles. The molecule has 1 rings (SSSR count). The van der Waals surface area contributed by atoms with E-state index in [1.54, 1.807) is 4.90 Å². The summed E-state index contributed by atoms with van der Waals surface area (Å²) in [6.45, 7) is 7.42. The molecular weight excluding hydrogens is 222 g/mol. The first-order valence-corrected chi connectivity index (χ1v) is 6.09. The highest BCUT2D eigenvalue weighted by Crippen LogP contribution is 2.20. The van der Waals surface area contributed by atoms with Gasteiger partial charge in [0, 0.05) is 13.1 Å². The molecule has 0 bridgehead atoms. The van der Waals surface area contributed by atoms with E-state index in [1.807, 2.05) is 32.0 Å². The monoisotopic (exact) mass is 239 g/mol. The van der Waals surface area contributed by atoms with Gasteiger partial charge in [-0.1, -0.05) is 24.6 Å². The molecule has 3 heteroatoms. The first-order valence-electron chi connectivity index (χ1n) is 5.71. The lowest BCUT2D eigenvalue weighted by Gasteiger charge is -2.19. The van der Waals surface area contributed by atoms with Crippen LogP contribution in [0.1, 0.15) is 36.7 Å². The van der Waals surface area contributed by atoms with Crippen LogP contribution in [0, 0.1) is 0 Å². The molecular formula is C13H18ClNO. The van der Waals surface area contributed by atoms with Gasteiger partial charge in [-0.3, -0.25) is 4.79 Å². The van der Waals surface area contributed by atoms with Crippen molar-refractivity contribution in [3.8, 4) is 0 Å². The molecule has 0 N–H and O–H groups in total. The summed E-state index contributed by atoms with van der Waals surface area (Å²) in [6, 6.07) is 5.66. The molecule has 0 aliphatic rings. The Morgan fingerprint density at radius 3 is 2.31 bits per heavy atom. The summed E-state index contributed by atoms with van der Waals surface area (Å²) in [7, 11) is 0. The molecule has 0 heterocycles. The van der Waals surface area contributed by atoms with Gasteiger partial charge in [0.05, 0.1) is 10.6 Å². The van der Waals surface area contributed by atoms with E-state index in [0.717, 1.165) is 12.0 Å². The van der Waals surface area contributed by atoms with Crippen molar-refractivity contribution in [1.29, 1.82) is 0 Å². The van der Waals surface area contributed by atoms with Crippen LogP contribution in [0.15, 0.2) is 18.2 Å². The number of nitrogens with zero attached hydrogens (tertiary/aromatic N) is 1. The molecule has 0 saturated heterocycles. The van der Waals surface area contributed by atoms with Gasteiger partial charge in [0.25, 0.3) is 5.91 Å². The minimum Gasteiger partial charge on any atom is -0.339 e. The third-order valence-corrected chi connectivity index (χ3v) is 3.04. The molecule has 0 radical (unpaired) electrons. The molecule has 0 fully saturated rings. The highest BCUT2D eigenvalue weighted by atomic mass is 35.5. The molecule has 0 atom stereocenters. The second-order valence-corrected chi connectivity index (χ2v) is 4.05. The topological polar surface area (TPSA) is 20.3 Å². The minimum atomic E-state index is 0.0117. The van der Waals surface area contributed by atoms with Crippen molar-refractivity contribution in [3.63, 3.8) is 0 Å². The molecule has 0 saturated carbocycles. The third-order valence-electron chi connectivity index (χ3n) is 2.72. The quantitative estimate of drug-likeness (QED) is 0.789. The second-order valence-electron chi connectivity index (χ2n) is 3.65. The fourth-order valence-electron chi connectivity index (χ4n) is 1.63. The van der Waals surface area contributed by atoms with Crippen molar-refractivity contribution in [3.05, 3.63) is 34.3 Å². The van der Waals surface area contributed by atoms with Crippen molar-refractivity contribution >= 4 is 17.5 Å². The predicted molar refractivity (Wildman–Crippen MR) is 68.1 cm³/mol. The molecule has 0 aliphatic heterocycles. The standard InChI is InChI=1S/C13H18ClNO/c1-4-10-7-8-11(12(14)9-10)13(16)15(5-2)6-3/h7-9H,4-6H2,1-3H3. The predicted octanol–water partition coefficient (Wildman–Crippen LogP) is 3.38. The fourth-order valence-corrected chi connectivity index (χ4v) is 1.92. The van der Waals surface area contributed by atoms with Crippen LogP contribution in [0.4, 0.5) is 0 Å². The van der Waals surface area contributed by atoms with Crippen LogP contribution in [0.2, 0.25) is 5.02 Å². The van der Waals surface area contributed by atoms with Crippen molar-refractivity contribution < 1.29 is 4.79 Å². The Balaban J connectivity index is 3.00. The second kappa shape index (κ2) is 5.90. The molecule has 0 unspecified atom stereocenters. The lowest BCUT2D eigenvalue weighted by Crippen LogP contribution is -2.30. The molecule has 0 spiro atoms. The van der Waals surface area contributed by atoms with E-state index in [0.29, 0.717) is 23.7 Å². The SMILES string of the molecule is CCc1ccc(C(=O)N(CC)CC)c(Cl)c1. The zero-order valence-electron chi connectivity index (χ0n) is 10.1. The van der Waals surface area contributed by atoms with Crippen LogP contribution >= 0.6 is 11.6 Å². The molecule has 88 valence electrons. The summed E-state index contributed by atoms with van der Waals surface area (Å²) in [4.78, 5) is 13.8. The number of aryl methyl sites for hydroxylation is 1.